The van der Waals surface area contributed by atoms with Crippen molar-refractivity contribution in [2.24, 2.45) is 5.92 Å². The summed E-state index contributed by atoms with van der Waals surface area (Å²) in [5.41, 5.74) is 5.98. The van der Waals surface area contributed by atoms with Crippen molar-refractivity contribution < 1.29 is 19.1 Å². The largest absolute Gasteiger partial charge is 0.486 e. The number of aryl methyl sites for hydroxylation is 4. The van der Waals surface area contributed by atoms with Crippen LogP contribution in [0.4, 0.5) is 0 Å². The Balaban J connectivity index is 1.94. The second-order valence-corrected chi connectivity index (χ2v) is 9.84. The maximum atomic E-state index is 12.6. The molecule has 4 nitrogen and oxygen atoms in total. The fourth-order valence-electron chi connectivity index (χ4n) is 4.95. The summed E-state index contributed by atoms with van der Waals surface area (Å²) < 4.78 is 12.4. The van der Waals surface area contributed by atoms with E-state index in [1.165, 1.54) is 0 Å². The predicted octanol–water partition coefficient (Wildman–Crippen LogP) is 7.97. The van der Waals surface area contributed by atoms with Gasteiger partial charge in [-0.05, 0) is 117 Å². The lowest BCUT2D eigenvalue weighted by atomic mass is 9.81. The van der Waals surface area contributed by atoms with Gasteiger partial charge in [-0.2, -0.15) is 0 Å². The molecule has 0 bridgehead atoms. The number of carbonyl (C=O) groups is 2. The number of carbonyl (C=O) groups excluding carboxylic acids is 2. The number of ether oxygens (including phenoxy) is 2. The fourth-order valence-corrected chi connectivity index (χ4v) is 4.95. The summed E-state index contributed by atoms with van der Waals surface area (Å²) in [5, 5.41) is 0. The molecule has 0 aliphatic heterocycles. The van der Waals surface area contributed by atoms with Gasteiger partial charge in [0.15, 0.2) is 0 Å². The van der Waals surface area contributed by atoms with Gasteiger partial charge in [0.05, 0.1) is 11.5 Å². The molecular formula is C32H38O4. The molecule has 0 amide bonds. The molecule has 1 unspecified atom stereocenters. The highest BCUT2D eigenvalue weighted by Gasteiger charge is 2.38. The van der Waals surface area contributed by atoms with Crippen LogP contribution >= 0.6 is 0 Å². The number of Topliss-reactive ketones (excluding diaryl/α,β-unsaturated/α-hetero) is 1. The topological polar surface area (TPSA) is 52.6 Å². The highest BCUT2D eigenvalue weighted by molar-refractivity contribution is 5.91. The van der Waals surface area contributed by atoms with Crippen LogP contribution < -0.4 is 9.47 Å². The lowest BCUT2D eigenvalue weighted by molar-refractivity contribution is -0.128. The standard InChI is InChI=1S/C32H38O4/c1-9-32(10-2,24(7)25(8)33)36-30-22(5)18-28(19-23(30)6)27-16-20(3)29(21(4)17-27)35-31(34)26-14-12-11-13-15-26/h11-19,24H,9-10H2,1-8H3. The summed E-state index contributed by atoms with van der Waals surface area (Å²) in [6.07, 6.45) is 1.51. The van der Waals surface area contributed by atoms with E-state index in [1.54, 1.807) is 19.1 Å². The van der Waals surface area contributed by atoms with Crippen molar-refractivity contribution in [3.8, 4) is 22.6 Å². The Labute approximate surface area is 215 Å². The van der Waals surface area contributed by atoms with Crippen molar-refractivity contribution in [3.63, 3.8) is 0 Å². The smallest absolute Gasteiger partial charge is 0.343 e. The van der Waals surface area contributed by atoms with E-state index in [0.717, 1.165) is 52.0 Å². The van der Waals surface area contributed by atoms with E-state index in [1.807, 2.05) is 39.0 Å². The van der Waals surface area contributed by atoms with Gasteiger partial charge in [0, 0.05) is 0 Å². The van der Waals surface area contributed by atoms with Crippen LogP contribution in [-0.2, 0) is 4.79 Å². The summed E-state index contributed by atoms with van der Waals surface area (Å²) in [6.45, 7) is 15.8. The van der Waals surface area contributed by atoms with Crippen LogP contribution in [0.25, 0.3) is 11.1 Å². The second-order valence-electron chi connectivity index (χ2n) is 9.84. The summed E-state index contributed by atoms with van der Waals surface area (Å²) in [5.74, 6) is 1.03. The lowest BCUT2D eigenvalue weighted by Crippen LogP contribution is -2.44. The van der Waals surface area contributed by atoms with Crippen LogP contribution in [-0.4, -0.2) is 17.4 Å². The minimum atomic E-state index is -0.527. The fraction of sp³-hybridized carbons (Fsp3) is 0.375. The summed E-state index contributed by atoms with van der Waals surface area (Å²) in [6, 6.07) is 17.4. The van der Waals surface area contributed by atoms with Crippen LogP contribution in [0.1, 0.15) is 73.1 Å². The van der Waals surface area contributed by atoms with Gasteiger partial charge in [-0.3, -0.25) is 4.79 Å². The van der Waals surface area contributed by atoms with Gasteiger partial charge in [0.1, 0.15) is 22.9 Å². The maximum Gasteiger partial charge on any atom is 0.343 e. The van der Waals surface area contributed by atoms with Crippen LogP contribution in [0.3, 0.4) is 0 Å². The Bertz CT molecular complexity index is 1210. The Morgan fingerprint density at radius 2 is 1.22 bits per heavy atom. The molecule has 0 heterocycles. The molecule has 0 fully saturated rings. The minimum Gasteiger partial charge on any atom is -0.486 e. The van der Waals surface area contributed by atoms with Crippen LogP contribution in [0.5, 0.6) is 11.5 Å². The molecule has 0 saturated carbocycles. The highest BCUT2D eigenvalue weighted by atomic mass is 16.5. The van der Waals surface area contributed by atoms with Gasteiger partial charge in [0.2, 0.25) is 0 Å². The Morgan fingerprint density at radius 3 is 1.64 bits per heavy atom. The van der Waals surface area contributed by atoms with Crippen molar-refractivity contribution in [1.29, 1.82) is 0 Å². The summed E-state index contributed by atoms with van der Waals surface area (Å²) in [4.78, 5) is 24.8. The molecule has 0 aliphatic rings. The quantitative estimate of drug-likeness (QED) is 0.227. The molecule has 4 heteroatoms. The average Bonchev–Trinajstić information content (AvgIpc) is 2.86. The number of rotatable bonds is 9. The molecule has 0 spiro atoms. The molecule has 0 saturated heterocycles. The van der Waals surface area contributed by atoms with E-state index in [-0.39, 0.29) is 17.7 Å². The normalized spacial score (nSPS) is 12.2. The monoisotopic (exact) mass is 486 g/mol. The molecule has 0 N–H and O–H groups in total. The second kappa shape index (κ2) is 11.1. The Morgan fingerprint density at radius 1 is 0.778 bits per heavy atom. The third kappa shape index (κ3) is 5.53. The van der Waals surface area contributed by atoms with Crippen molar-refractivity contribution in [3.05, 3.63) is 82.4 Å². The molecule has 0 aliphatic carbocycles. The molecule has 1 atom stereocenters. The van der Waals surface area contributed by atoms with E-state index in [4.69, 9.17) is 9.47 Å². The van der Waals surface area contributed by atoms with Gasteiger partial charge >= 0.3 is 5.97 Å². The first-order chi connectivity index (χ1) is 17.0. The van der Waals surface area contributed by atoms with Gasteiger partial charge < -0.3 is 9.47 Å². The number of ketones is 1. The van der Waals surface area contributed by atoms with E-state index in [2.05, 4.69) is 52.0 Å². The zero-order valence-corrected chi connectivity index (χ0v) is 22.8. The average molecular weight is 487 g/mol. The zero-order valence-electron chi connectivity index (χ0n) is 22.8. The molecule has 0 aromatic heterocycles. The van der Waals surface area contributed by atoms with E-state index < -0.39 is 5.60 Å². The molecule has 3 aromatic carbocycles. The molecule has 3 aromatic rings. The third-order valence-corrected chi connectivity index (χ3v) is 7.36. The molecule has 0 radical (unpaired) electrons. The van der Waals surface area contributed by atoms with Crippen LogP contribution in [0.15, 0.2) is 54.6 Å². The van der Waals surface area contributed by atoms with Gasteiger partial charge in [-0.1, -0.05) is 39.0 Å². The number of esters is 1. The number of hydrogen-bond donors (Lipinski definition) is 0. The summed E-state index contributed by atoms with van der Waals surface area (Å²) >= 11 is 0. The Hall–Kier alpha value is -3.40. The first-order valence-electron chi connectivity index (χ1n) is 12.7. The Kier molecular flexibility index (Phi) is 8.39. The number of benzene rings is 3. The first-order valence-corrected chi connectivity index (χ1v) is 12.7. The van der Waals surface area contributed by atoms with Gasteiger partial charge in [0.25, 0.3) is 0 Å². The molecule has 36 heavy (non-hydrogen) atoms. The van der Waals surface area contributed by atoms with Crippen molar-refractivity contribution in [2.45, 2.75) is 73.8 Å². The lowest BCUT2D eigenvalue weighted by Gasteiger charge is -2.38. The highest BCUT2D eigenvalue weighted by Crippen LogP contribution is 2.39. The van der Waals surface area contributed by atoms with Crippen molar-refractivity contribution >= 4 is 11.8 Å². The van der Waals surface area contributed by atoms with Gasteiger partial charge in [-0.15, -0.1) is 0 Å². The minimum absolute atomic E-state index is 0.143. The number of hydrogen-bond acceptors (Lipinski definition) is 4. The van der Waals surface area contributed by atoms with E-state index in [9.17, 15) is 9.59 Å². The molecule has 190 valence electrons. The summed E-state index contributed by atoms with van der Waals surface area (Å²) in [7, 11) is 0. The SMILES string of the molecule is CCC(CC)(Oc1c(C)cc(-c2cc(C)c(OC(=O)c3ccccc3)c(C)c2)cc1C)C(C)C(C)=O. The van der Waals surface area contributed by atoms with Crippen LogP contribution in [0.2, 0.25) is 0 Å². The molecular weight excluding hydrogens is 448 g/mol. The van der Waals surface area contributed by atoms with Crippen molar-refractivity contribution in [2.75, 3.05) is 0 Å². The first kappa shape index (κ1) is 27.2. The van der Waals surface area contributed by atoms with Crippen molar-refractivity contribution in [1.82, 2.24) is 0 Å². The third-order valence-electron chi connectivity index (χ3n) is 7.36. The van der Waals surface area contributed by atoms with Crippen LogP contribution in [0, 0.1) is 33.6 Å². The van der Waals surface area contributed by atoms with Gasteiger partial charge in [-0.25, -0.2) is 4.79 Å². The van der Waals surface area contributed by atoms with E-state index >= 15 is 0 Å². The molecule has 3 rings (SSSR count). The zero-order chi connectivity index (χ0) is 26.6. The maximum absolute atomic E-state index is 12.6. The predicted molar refractivity (Wildman–Crippen MR) is 146 cm³/mol. The van der Waals surface area contributed by atoms with E-state index in [0.29, 0.717) is 11.3 Å².